The lowest BCUT2D eigenvalue weighted by Gasteiger charge is -2.30. The minimum absolute atomic E-state index is 0. The maximum absolute atomic E-state index is 12.4. The molecule has 1 amide bonds. The van der Waals surface area contributed by atoms with Gasteiger partial charge in [-0.2, -0.15) is 0 Å². The van der Waals surface area contributed by atoms with Gasteiger partial charge in [-0.05, 0) is 37.6 Å². The number of halogens is 1. The summed E-state index contributed by atoms with van der Waals surface area (Å²) < 4.78 is 0.948. The van der Waals surface area contributed by atoms with Gasteiger partial charge in [0.2, 0.25) is 5.91 Å². The average Bonchev–Trinajstić information content (AvgIpc) is 2.54. The number of aromatic nitrogens is 2. The molecule has 0 saturated carbocycles. The predicted molar refractivity (Wildman–Crippen MR) is 94.7 cm³/mol. The molecule has 1 aromatic carbocycles. The van der Waals surface area contributed by atoms with Crippen LogP contribution in [0.3, 0.4) is 0 Å². The molecule has 0 spiro atoms. The van der Waals surface area contributed by atoms with Crippen LogP contribution in [0.2, 0.25) is 0 Å². The quantitative estimate of drug-likeness (QED) is 0.736. The van der Waals surface area contributed by atoms with E-state index in [1.54, 1.807) is 24.3 Å². The van der Waals surface area contributed by atoms with Gasteiger partial charge in [0.15, 0.2) is 0 Å². The summed E-state index contributed by atoms with van der Waals surface area (Å²) in [7, 11) is 0. The van der Waals surface area contributed by atoms with Gasteiger partial charge in [0, 0.05) is 6.04 Å². The molecule has 2 unspecified atom stereocenters. The summed E-state index contributed by atoms with van der Waals surface area (Å²) in [5, 5.41) is 6.59. The highest BCUT2D eigenvalue weighted by Crippen LogP contribution is 2.10. The fourth-order valence-electron chi connectivity index (χ4n) is 2.97. The van der Waals surface area contributed by atoms with Crippen molar-refractivity contribution in [2.45, 2.75) is 25.9 Å². The van der Waals surface area contributed by atoms with Gasteiger partial charge in [-0.25, -0.2) is 4.79 Å². The lowest BCUT2D eigenvalue weighted by molar-refractivity contribution is -0.123. The second-order valence-electron chi connectivity index (χ2n) is 6.01. The standard InChI is InChI=1S/C16H20N4O3.ClH/c1-10-8-17-7-6-12(10)18-14(21)9-20-15(22)11-4-2-3-5-13(11)19-16(20)23;/h2-5,10,12,17H,6-9H2,1H3,(H,18,21)(H,19,23);1H. The Kier molecular flexibility index (Phi) is 5.80. The number of carbonyl (C=O) groups excluding carboxylic acids is 1. The molecular weight excluding hydrogens is 332 g/mol. The van der Waals surface area contributed by atoms with Crippen LogP contribution in [0.4, 0.5) is 0 Å². The van der Waals surface area contributed by atoms with Crippen molar-refractivity contribution in [1.82, 2.24) is 20.2 Å². The van der Waals surface area contributed by atoms with Crippen LogP contribution >= 0.6 is 12.4 Å². The molecule has 130 valence electrons. The van der Waals surface area contributed by atoms with E-state index in [4.69, 9.17) is 0 Å². The number of piperidine rings is 1. The van der Waals surface area contributed by atoms with Crippen LogP contribution in [0.1, 0.15) is 13.3 Å². The molecule has 1 aliphatic rings. The molecule has 8 heteroatoms. The zero-order chi connectivity index (χ0) is 16.4. The Labute approximate surface area is 144 Å². The molecule has 3 N–H and O–H groups in total. The molecule has 2 heterocycles. The number of hydrogen-bond donors (Lipinski definition) is 3. The van der Waals surface area contributed by atoms with Crippen molar-refractivity contribution in [3.63, 3.8) is 0 Å². The molecule has 1 fully saturated rings. The first kappa shape index (κ1) is 18.2. The highest BCUT2D eigenvalue weighted by Gasteiger charge is 2.23. The average molecular weight is 353 g/mol. The molecule has 24 heavy (non-hydrogen) atoms. The van der Waals surface area contributed by atoms with E-state index in [0.717, 1.165) is 24.1 Å². The fourth-order valence-corrected chi connectivity index (χ4v) is 2.97. The lowest BCUT2D eigenvalue weighted by Crippen LogP contribution is -2.50. The highest BCUT2D eigenvalue weighted by molar-refractivity contribution is 5.85. The second-order valence-corrected chi connectivity index (χ2v) is 6.01. The summed E-state index contributed by atoms with van der Waals surface area (Å²) in [6.45, 7) is 3.50. The van der Waals surface area contributed by atoms with Gasteiger partial charge in [-0.15, -0.1) is 12.4 Å². The normalized spacial score (nSPS) is 20.4. The molecule has 3 rings (SSSR count). The fraction of sp³-hybridized carbons (Fsp3) is 0.438. The van der Waals surface area contributed by atoms with Crippen LogP contribution in [-0.4, -0.2) is 34.6 Å². The van der Waals surface area contributed by atoms with Crippen molar-refractivity contribution in [3.8, 4) is 0 Å². The van der Waals surface area contributed by atoms with Crippen LogP contribution in [0.5, 0.6) is 0 Å². The highest BCUT2D eigenvalue weighted by atomic mass is 35.5. The Hall–Kier alpha value is -2.12. The zero-order valence-electron chi connectivity index (χ0n) is 13.4. The number of nitrogens with one attached hydrogen (secondary N) is 3. The third-order valence-electron chi connectivity index (χ3n) is 4.32. The van der Waals surface area contributed by atoms with Gasteiger partial charge in [0.25, 0.3) is 5.56 Å². The van der Waals surface area contributed by atoms with Crippen LogP contribution < -0.4 is 21.9 Å². The van der Waals surface area contributed by atoms with E-state index in [9.17, 15) is 14.4 Å². The smallest absolute Gasteiger partial charge is 0.329 e. The molecule has 0 radical (unpaired) electrons. The Bertz CT molecular complexity index is 845. The maximum atomic E-state index is 12.4. The number of hydrogen-bond acceptors (Lipinski definition) is 4. The first-order chi connectivity index (χ1) is 11.1. The van der Waals surface area contributed by atoms with Crippen LogP contribution in [-0.2, 0) is 11.3 Å². The number of carbonyl (C=O) groups is 1. The van der Waals surface area contributed by atoms with E-state index in [1.807, 2.05) is 0 Å². The largest absolute Gasteiger partial charge is 0.351 e. The Balaban J connectivity index is 0.00000208. The van der Waals surface area contributed by atoms with E-state index in [2.05, 4.69) is 22.5 Å². The van der Waals surface area contributed by atoms with E-state index in [-0.39, 0.29) is 30.9 Å². The van der Waals surface area contributed by atoms with Crippen molar-refractivity contribution in [3.05, 3.63) is 45.1 Å². The number of aromatic amines is 1. The van der Waals surface area contributed by atoms with Crippen molar-refractivity contribution in [2.75, 3.05) is 13.1 Å². The molecule has 7 nitrogen and oxygen atoms in total. The number of para-hydroxylation sites is 1. The summed E-state index contributed by atoms with van der Waals surface area (Å²) >= 11 is 0. The minimum Gasteiger partial charge on any atom is -0.351 e. The first-order valence-corrected chi connectivity index (χ1v) is 7.78. The first-order valence-electron chi connectivity index (χ1n) is 7.78. The topological polar surface area (TPSA) is 96.0 Å². The number of H-pyrrole nitrogens is 1. The maximum Gasteiger partial charge on any atom is 0.329 e. The number of rotatable bonds is 3. The number of fused-ring (bicyclic) bond motifs is 1. The zero-order valence-corrected chi connectivity index (χ0v) is 14.2. The Morgan fingerprint density at radius 2 is 2.08 bits per heavy atom. The molecular formula is C16H21ClN4O3. The summed E-state index contributed by atoms with van der Waals surface area (Å²) in [5.41, 5.74) is -0.536. The molecule has 1 saturated heterocycles. The Morgan fingerprint density at radius 3 is 2.83 bits per heavy atom. The summed E-state index contributed by atoms with van der Waals surface area (Å²) in [6.07, 6.45) is 0.843. The summed E-state index contributed by atoms with van der Waals surface area (Å²) in [6, 6.07) is 6.84. The molecule has 2 aromatic rings. The molecule has 1 aliphatic heterocycles. The van der Waals surface area contributed by atoms with Crippen molar-refractivity contribution in [2.24, 2.45) is 5.92 Å². The van der Waals surface area contributed by atoms with Crippen molar-refractivity contribution >= 4 is 29.2 Å². The monoisotopic (exact) mass is 352 g/mol. The van der Waals surface area contributed by atoms with E-state index in [1.165, 1.54) is 0 Å². The molecule has 0 bridgehead atoms. The summed E-state index contributed by atoms with van der Waals surface area (Å²) in [5.74, 6) is 0.00550. The molecule has 1 aromatic heterocycles. The predicted octanol–water partition coefficient (Wildman–Crippen LogP) is 0.226. The van der Waals surface area contributed by atoms with Gasteiger partial charge in [-0.1, -0.05) is 19.1 Å². The number of benzene rings is 1. The van der Waals surface area contributed by atoms with Gasteiger partial charge in [0.1, 0.15) is 6.54 Å². The number of nitrogens with zero attached hydrogens (tertiary/aromatic N) is 1. The van der Waals surface area contributed by atoms with Crippen LogP contribution in [0.25, 0.3) is 10.9 Å². The van der Waals surface area contributed by atoms with Gasteiger partial charge >= 0.3 is 5.69 Å². The van der Waals surface area contributed by atoms with E-state index in [0.29, 0.717) is 16.8 Å². The van der Waals surface area contributed by atoms with Gasteiger partial charge < -0.3 is 15.6 Å². The van der Waals surface area contributed by atoms with Crippen LogP contribution in [0, 0.1) is 5.92 Å². The number of amides is 1. The van der Waals surface area contributed by atoms with Gasteiger partial charge in [-0.3, -0.25) is 14.2 Å². The molecule has 2 atom stereocenters. The summed E-state index contributed by atoms with van der Waals surface area (Å²) in [4.78, 5) is 39.3. The van der Waals surface area contributed by atoms with Gasteiger partial charge in [0.05, 0.1) is 10.9 Å². The molecule has 0 aliphatic carbocycles. The van der Waals surface area contributed by atoms with Crippen molar-refractivity contribution < 1.29 is 4.79 Å². The third kappa shape index (κ3) is 3.68. The SMILES string of the molecule is CC1CNCCC1NC(=O)Cn1c(=O)[nH]c2ccccc2c1=O.Cl. The van der Waals surface area contributed by atoms with E-state index >= 15 is 0 Å². The lowest BCUT2D eigenvalue weighted by atomic mass is 9.95. The second kappa shape index (κ2) is 7.63. The third-order valence-corrected chi connectivity index (χ3v) is 4.32. The van der Waals surface area contributed by atoms with Crippen molar-refractivity contribution in [1.29, 1.82) is 0 Å². The van der Waals surface area contributed by atoms with Crippen LogP contribution in [0.15, 0.2) is 33.9 Å². The Morgan fingerprint density at radius 1 is 1.33 bits per heavy atom. The van der Waals surface area contributed by atoms with E-state index < -0.39 is 11.2 Å². The minimum atomic E-state index is -0.567.